The number of para-hydroxylation sites is 1. The molecule has 4 rings (SSSR count). The van der Waals surface area contributed by atoms with Crippen LogP contribution >= 0.6 is 0 Å². The first kappa shape index (κ1) is 16.1. The smallest absolute Gasteiger partial charge is 0.407 e. The molecule has 2 saturated heterocycles. The molecule has 3 heterocycles. The number of likely N-dealkylation sites (tertiary alicyclic amines) is 2. The number of imidazole rings is 1. The lowest BCUT2D eigenvalue weighted by Gasteiger charge is -2.48. The number of nitrogens with one attached hydrogen (secondary N) is 1. The number of H-pyrrole nitrogens is 1. The van der Waals surface area contributed by atoms with Gasteiger partial charge in [0.15, 0.2) is 0 Å². The van der Waals surface area contributed by atoms with Gasteiger partial charge in [-0.1, -0.05) is 12.1 Å². The Labute approximate surface area is 143 Å². The molecule has 2 atom stereocenters. The summed E-state index contributed by atoms with van der Waals surface area (Å²) in [5, 5.41) is 8.99. The maximum absolute atomic E-state index is 14.4. The summed E-state index contributed by atoms with van der Waals surface area (Å²) >= 11 is 0. The van der Waals surface area contributed by atoms with E-state index in [1.807, 2.05) is 18.2 Å². The Morgan fingerprint density at radius 3 is 2.76 bits per heavy atom. The van der Waals surface area contributed by atoms with Gasteiger partial charge >= 0.3 is 11.8 Å². The molecule has 0 saturated carbocycles. The molecular formula is C17H21FN4O3. The molecular weight excluding hydrogens is 327 g/mol. The van der Waals surface area contributed by atoms with Crippen LogP contribution in [0.4, 0.5) is 9.18 Å². The minimum Gasteiger partial charge on any atom is -0.465 e. The number of piperidine rings is 1. The van der Waals surface area contributed by atoms with Gasteiger partial charge in [-0.25, -0.2) is 14.0 Å². The second-order valence-corrected chi connectivity index (χ2v) is 6.98. The normalized spacial score (nSPS) is 25.3. The average molecular weight is 348 g/mol. The van der Waals surface area contributed by atoms with Crippen LogP contribution in [0.1, 0.15) is 17.9 Å². The second-order valence-electron chi connectivity index (χ2n) is 6.98. The van der Waals surface area contributed by atoms with Crippen molar-refractivity contribution in [1.82, 2.24) is 19.4 Å². The fraction of sp³-hybridized carbons (Fsp3) is 0.529. The number of aromatic amines is 1. The van der Waals surface area contributed by atoms with Crippen molar-refractivity contribution in [3.05, 3.63) is 34.2 Å². The molecule has 8 heteroatoms. The Balaban J connectivity index is 1.48. The zero-order valence-corrected chi connectivity index (χ0v) is 14.0. The largest absolute Gasteiger partial charge is 0.465 e. The molecule has 0 bridgehead atoms. The van der Waals surface area contributed by atoms with Gasteiger partial charge in [-0.15, -0.1) is 0 Å². The number of alkyl halides is 1. The van der Waals surface area contributed by atoms with Gasteiger partial charge in [-0.05, 0) is 18.1 Å². The fourth-order valence-corrected chi connectivity index (χ4v) is 4.12. The number of amides is 1. The number of hydrogen-bond donors (Lipinski definition) is 2. The van der Waals surface area contributed by atoms with E-state index in [0.29, 0.717) is 13.0 Å². The first-order chi connectivity index (χ1) is 12.0. The number of hydrogen-bond acceptors (Lipinski definition) is 3. The summed E-state index contributed by atoms with van der Waals surface area (Å²) in [6.45, 7) is 1.79. The molecule has 0 radical (unpaired) electrons. The first-order valence-corrected chi connectivity index (χ1v) is 8.49. The summed E-state index contributed by atoms with van der Waals surface area (Å²) in [7, 11) is 1.75. The van der Waals surface area contributed by atoms with E-state index in [2.05, 4.69) is 9.88 Å². The van der Waals surface area contributed by atoms with E-state index in [1.54, 1.807) is 11.6 Å². The van der Waals surface area contributed by atoms with Crippen LogP contribution in [0, 0.1) is 0 Å². The number of halogens is 1. The van der Waals surface area contributed by atoms with E-state index in [0.717, 1.165) is 34.6 Å². The van der Waals surface area contributed by atoms with Crippen molar-refractivity contribution < 1.29 is 14.3 Å². The molecule has 2 N–H and O–H groups in total. The fourth-order valence-electron chi connectivity index (χ4n) is 4.12. The molecule has 1 amide bonds. The number of rotatable bonds is 2. The van der Waals surface area contributed by atoms with Crippen molar-refractivity contribution >= 4 is 17.1 Å². The molecule has 1 aromatic carbocycles. The minimum atomic E-state index is -1.15. The quantitative estimate of drug-likeness (QED) is 0.859. The molecule has 2 aromatic rings. The molecule has 0 unspecified atom stereocenters. The van der Waals surface area contributed by atoms with Gasteiger partial charge in [0.05, 0.1) is 17.6 Å². The molecule has 2 aliphatic rings. The number of aryl methyl sites for hydroxylation is 1. The number of fused-ring (bicyclic) bond motifs is 1. The molecule has 0 aliphatic carbocycles. The molecule has 1 aromatic heterocycles. The number of carboxylic acid groups (broad SMARTS) is 1. The van der Waals surface area contributed by atoms with Crippen LogP contribution in [-0.4, -0.2) is 68.9 Å². The van der Waals surface area contributed by atoms with Crippen molar-refractivity contribution in [2.24, 2.45) is 7.05 Å². The predicted molar refractivity (Wildman–Crippen MR) is 90.8 cm³/mol. The highest BCUT2D eigenvalue weighted by Gasteiger charge is 2.41. The summed E-state index contributed by atoms with van der Waals surface area (Å²) in [5.41, 5.74) is 2.70. The van der Waals surface area contributed by atoms with Crippen LogP contribution in [0.3, 0.4) is 0 Å². The highest BCUT2D eigenvalue weighted by atomic mass is 19.1. The molecule has 2 fully saturated rings. The van der Waals surface area contributed by atoms with Crippen LogP contribution in [0.15, 0.2) is 23.0 Å². The third-order valence-corrected chi connectivity index (χ3v) is 5.55. The molecule has 25 heavy (non-hydrogen) atoms. The number of benzene rings is 1. The summed E-state index contributed by atoms with van der Waals surface area (Å²) in [6, 6.07) is 5.62. The van der Waals surface area contributed by atoms with Gasteiger partial charge in [0.25, 0.3) is 0 Å². The van der Waals surface area contributed by atoms with E-state index >= 15 is 0 Å². The van der Waals surface area contributed by atoms with Crippen LogP contribution in [0.5, 0.6) is 0 Å². The Morgan fingerprint density at radius 1 is 1.32 bits per heavy atom. The van der Waals surface area contributed by atoms with Crippen LogP contribution in [0.2, 0.25) is 0 Å². The maximum Gasteiger partial charge on any atom is 0.407 e. The number of aromatic nitrogens is 2. The van der Waals surface area contributed by atoms with Crippen molar-refractivity contribution in [2.75, 3.05) is 26.2 Å². The Morgan fingerprint density at radius 2 is 2.08 bits per heavy atom. The first-order valence-electron chi connectivity index (χ1n) is 8.49. The summed E-state index contributed by atoms with van der Waals surface area (Å²) in [4.78, 5) is 28.9. The van der Waals surface area contributed by atoms with Gasteiger partial charge in [0.1, 0.15) is 6.17 Å². The van der Waals surface area contributed by atoms with Crippen molar-refractivity contribution in [3.8, 4) is 0 Å². The van der Waals surface area contributed by atoms with Crippen molar-refractivity contribution in [3.63, 3.8) is 0 Å². The van der Waals surface area contributed by atoms with Crippen molar-refractivity contribution in [1.29, 1.82) is 0 Å². The van der Waals surface area contributed by atoms with E-state index in [9.17, 15) is 14.0 Å². The summed E-state index contributed by atoms with van der Waals surface area (Å²) < 4.78 is 16.0. The van der Waals surface area contributed by atoms with E-state index in [1.165, 1.54) is 0 Å². The van der Waals surface area contributed by atoms with E-state index in [4.69, 9.17) is 5.11 Å². The zero-order chi connectivity index (χ0) is 17.7. The third-order valence-electron chi connectivity index (χ3n) is 5.55. The highest BCUT2D eigenvalue weighted by Crippen LogP contribution is 2.35. The summed E-state index contributed by atoms with van der Waals surface area (Å²) in [6.07, 6.45) is -1.69. The van der Waals surface area contributed by atoms with Crippen LogP contribution in [0.25, 0.3) is 11.0 Å². The number of nitrogens with zero attached hydrogens (tertiary/aromatic N) is 3. The third kappa shape index (κ3) is 2.60. The Hall–Kier alpha value is -2.35. The van der Waals surface area contributed by atoms with E-state index < -0.39 is 12.3 Å². The average Bonchev–Trinajstić information content (AvgIpc) is 2.83. The lowest BCUT2D eigenvalue weighted by Crippen LogP contribution is -2.59. The second kappa shape index (κ2) is 5.87. The Bertz CT molecular complexity index is 870. The number of carbonyl (C=O) groups is 1. The molecule has 7 nitrogen and oxygen atoms in total. The molecule has 2 aliphatic heterocycles. The van der Waals surface area contributed by atoms with Crippen molar-refractivity contribution in [2.45, 2.75) is 24.6 Å². The van der Waals surface area contributed by atoms with Gasteiger partial charge in [0.2, 0.25) is 0 Å². The Kier molecular flexibility index (Phi) is 3.79. The monoisotopic (exact) mass is 348 g/mol. The predicted octanol–water partition coefficient (Wildman–Crippen LogP) is 1.36. The minimum absolute atomic E-state index is 0.0525. The van der Waals surface area contributed by atoms with Gasteiger partial charge in [0, 0.05) is 38.6 Å². The van der Waals surface area contributed by atoms with Crippen LogP contribution < -0.4 is 5.69 Å². The van der Waals surface area contributed by atoms with Gasteiger partial charge in [-0.2, -0.15) is 0 Å². The van der Waals surface area contributed by atoms with Gasteiger partial charge in [-0.3, -0.25) is 9.47 Å². The lowest BCUT2D eigenvalue weighted by atomic mass is 9.87. The topological polar surface area (TPSA) is 81.6 Å². The molecule has 134 valence electrons. The van der Waals surface area contributed by atoms with Crippen LogP contribution in [-0.2, 0) is 7.05 Å². The molecule has 0 spiro atoms. The maximum atomic E-state index is 14.4. The highest BCUT2D eigenvalue weighted by molar-refractivity contribution is 5.79. The zero-order valence-electron chi connectivity index (χ0n) is 14.0. The SMILES string of the molecule is Cn1c(=O)[nH]c2cccc(C3CN([C@@H]4CCN(C(=O)O)C[C@@H]4F)C3)c21. The summed E-state index contributed by atoms with van der Waals surface area (Å²) in [5.74, 6) is 0.259. The lowest BCUT2D eigenvalue weighted by molar-refractivity contribution is -0.00285. The van der Waals surface area contributed by atoms with E-state index in [-0.39, 0.29) is 24.2 Å². The standard InChI is InChI=1S/C17H21FN4O3/c1-20-15-11(3-2-4-13(15)19-16(20)23)10-7-22(8-10)14-5-6-21(17(24)25)9-12(14)18/h2-4,10,12,14H,5-9H2,1H3,(H,19,23)(H,24,25)/t12-,14+/m0/s1. The van der Waals surface area contributed by atoms with Gasteiger partial charge < -0.3 is 15.0 Å².